The highest BCUT2D eigenvalue weighted by Gasteiger charge is 2.05. The molecule has 0 bridgehead atoms. The van der Waals surface area contributed by atoms with Gasteiger partial charge in [-0.2, -0.15) is 4.99 Å². The van der Waals surface area contributed by atoms with Crippen LogP contribution in [0.3, 0.4) is 0 Å². The Morgan fingerprint density at radius 2 is 2.12 bits per heavy atom. The summed E-state index contributed by atoms with van der Waals surface area (Å²) in [5.41, 5.74) is 1.21. The largest absolute Gasteiger partial charge is 0.462 e. The fraction of sp³-hybridized carbons (Fsp3) is 0.333. The minimum absolute atomic E-state index is 0.300. The number of carbonyl (C=O) groups excluding carboxylic acids is 1. The molecule has 84 valence electrons. The number of hydrogen-bond acceptors (Lipinski definition) is 4. The van der Waals surface area contributed by atoms with Crippen LogP contribution in [0.15, 0.2) is 29.3 Å². The van der Waals surface area contributed by atoms with Gasteiger partial charge in [-0.3, -0.25) is 0 Å². The molecule has 0 unspecified atom stereocenters. The fourth-order valence-electron chi connectivity index (χ4n) is 1.12. The number of rotatable bonds is 5. The first-order valence-electron chi connectivity index (χ1n) is 5.13. The van der Waals surface area contributed by atoms with Gasteiger partial charge in [0.05, 0.1) is 23.0 Å². The average molecular weight is 235 g/mol. The molecule has 0 aliphatic rings. The molecule has 0 radical (unpaired) electrons. The van der Waals surface area contributed by atoms with E-state index in [2.05, 4.69) is 22.4 Å². The zero-order valence-corrected chi connectivity index (χ0v) is 9.92. The lowest BCUT2D eigenvalue weighted by Crippen LogP contribution is -2.05. The van der Waals surface area contributed by atoms with Crippen molar-refractivity contribution >= 4 is 29.0 Å². The number of benzene rings is 1. The Morgan fingerprint density at radius 3 is 2.69 bits per heavy atom. The highest BCUT2D eigenvalue weighted by atomic mass is 32.1. The summed E-state index contributed by atoms with van der Waals surface area (Å²) in [4.78, 5) is 15.3. The summed E-state index contributed by atoms with van der Waals surface area (Å²) in [6, 6.07) is 6.74. The van der Waals surface area contributed by atoms with E-state index in [1.165, 1.54) is 0 Å². The van der Waals surface area contributed by atoms with E-state index in [1.807, 2.05) is 6.92 Å². The van der Waals surface area contributed by atoms with Crippen molar-refractivity contribution in [3.8, 4) is 0 Å². The van der Waals surface area contributed by atoms with E-state index >= 15 is 0 Å². The lowest BCUT2D eigenvalue weighted by molar-refractivity contribution is 0.0500. The number of esters is 1. The van der Waals surface area contributed by atoms with Crippen LogP contribution in [0.4, 0.5) is 5.69 Å². The van der Waals surface area contributed by atoms with Crippen LogP contribution < -0.4 is 0 Å². The Bertz CT molecular complexity index is 394. The van der Waals surface area contributed by atoms with Gasteiger partial charge < -0.3 is 4.74 Å². The summed E-state index contributed by atoms with van der Waals surface area (Å²) in [7, 11) is 0. The quantitative estimate of drug-likeness (QED) is 0.340. The van der Waals surface area contributed by atoms with Crippen molar-refractivity contribution in [3.05, 3.63) is 29.8 Å². The summed E-state index contributed by atoms with van der Waals surface area (Å²) in [5, 5.41) is 2.27. The highest BCUT2D eigenvalue weighted by Crippen LogP contribution is 2.13. The third-order valence-corrected chi connectivity index (χ3v) is 2.10. The molecule has 1 rings (SSSR count). The number of hydrogen-bond donors (Lipinski definition) is 0. The van der Waals surface area contributed by atoms with Gasteiger partial charge in [0.1, 0.15) is 0 Å². The summed E-state index contributed by atoms with van der Waals surface area (Å²) < 4.78 is 5.06. The molecule has 16 heavy (non-hydrogen) atoms. The molecular weight excluding hydrogens is 222 g/mol. The van der Waals surface area contributed by atoms with E-state index in [4.69, 9.17) is 4.74 Å². The molecule has 3 nitrogen and oxygen atoms in total. The van der Waals surface area contributed by atoms with Crippen LogP contribution in [0.1, 0.15) is 30.1 Å². The Labute approximate surface area is 100 Å². The van der Waals surface area contributed by atoms with E-state index in [1.54, 1.807) is 24.3 Å². The van der Waals surface area contributed by atoms with Gasteiger partial charge >= 0.3 is 5.97 Å². The second-order valence-electron chi connectivity index (χ2n) is 3.24. The van der Waals surface area contributed by atoms with Crippen LogP contribution in [0.2, 0.25) is 0 Å². The highest BCUT2D eigenvalue weighted by molar-refractivity contribution is 7.78. The van der Waals surface area contributed by atoms with Crippen LogP contribution in [0, 0.1) is 0 Å². The maximum absolute atomic E-state index is 11.5. The van der Waals surface area contributed by atoms with Gasteiger partial charge in [0, 0.05) is 0 Å². The fourth-order valence-corrected chi connectivity index (χ4v) is 1.22. The summed E-state index contributed by atoms with van der Waals surface area (Å²) in [5.74, 6) is -0.300. The van der Waals surface area contributed by atoms with E-state index in [9.17, 15) is 4.79 Å². The molecule has 0 atom stereocenters. The number of ether oxygens (including phenoxy) is 1. The van der Waals surface area contributed by atoms with Crippen molar-refractivity contribution in [3.63, 3.8) is 0 Å². The van der Waals surface area contributed by atoms with Crippen molar-refractivity contribution in [2.24, 2.45) is 4.99 Å². The molecule has 0 saturated heterocycles. The van der Waals surface area contributed by atoms with E-state index in [-0.39, 0.29) is 5.97 Å². The second-order valence-corrected chi connectivity index (χ2v) is 3.42. The maximum atomic E-state index is 11.5. The molecule has 0 aliphatic heterocycles. The second kappa shape index (κ2) is 6.88. The standard InChI is InChI=1S/C12H13NO2S/c1-2-3-8-15-12(14)10-4-6-11(7-5-10)13-9-16/h4-7H,2-3,8H2,1H3. The molecule has 1 aromatic rings. The van der Waals surface area contributed by atoms with Crippen LogP contribution >= 0.6 is 12.2 Å². The van der Waals surface area contributed by atoms with Crippen molar-refractivity contribution in [2.45, 2.75) is 19.8 Å². The van der Waals surface area contributed by atoms with Crippen LogP contribution in [0.25, 0.3) is 0 Å². The number of unbranched alkanes of at least 4 members (excludes halogenated alkanes) is 1. The predicted octanol–water partition coefficient (Wildman–Crippen LogP) is 3.38. The Kier molecular flexibility index (Phi) is 5.40. The van der Waals surface area contributed by atoms with Crippen molar-refractivity contribution in [2.75, 3.05) is 6.61 Å². The van der Waals surface area contributed by atoms with E-state index in [0.717, 1.165) is 12.8 Å². The van der Waals surface area contributed by atoms with Crippen LogP contribution in [-0.4, -0.2) is 17.7 Å². The summed E-state index contributed by atoms with van der Waals surface area (Å²) in [6.07, 6.45) is 1.90. The molecule has 0 fully saturated rings. The number of thiocarbonyl (C=S) groups is 1. The van der Waals surface area contributed by atoms with Crippen molar-refractivity contribution < 1.29 is 9.53 Å². The Morgan fingerprint density at radius 1 is 1.44 bits per heavy atom. The normalized spacial score (nSPS) is 9.31. The monoisotopic (exact) mass is 235 g/mol. The average Bonchev–Trinajstić information content (AvgIpc) is 2.30. The van der Waals surface area contributed by atoms with Gasteiger partial charge in [-0.15, -0.1) is 0 Å². The third kappa shape index (κ3) is 3.93. The van der Waals surface area contributed by atoms with Gasteiger partial charge in [0.15, 0.2) is 0 Å². The zero-order valence-electron chi connectivity index (χ0n) is 9.10. The molecule has 0 spiro atoms. The Hall–Kier alpha value is -1.51. The van der Waals surface area contributed by atoms with Crippen LogP contribution in [0.5, 0.6) is 0 Å². The van der Waals surface area contributed by atoms with Crippen molar-refractivity contribution in [1.82, 2.24) is 0 Å². The van der Waals surface area contributed by atoms with Gasteiger partial charge in [-0.05, 0) is 42.9 Å². The van der Waals surface area contributed by atoms with Crippen LogP contribution in [-0.2, 0) is 4.74 Å². The minimum Gasteiger partial charge on any atom is -0.462 e. The number of nitrogens with zero attached hydrogens (tertiary/aromatic N) is 1. The molecule has 0 heterocycles. The SMILES string of the molecule is CCCCOC(=O)c1ccc(N=C=S)cc1. The molecule has 0 aromatic heterocycles. The first-order chi connectivity index (χ1) is 7.77. The number of isothiocyanates is 1. The molecule has 0 saturated carbocycles. The van der Waals surface area contributed by atoms with Gasteiger partial charge in [-0.25, -0.2) is 4.79 Å². The molecule has 0 aliphatic carbocycles. The molecule has 0 amide bonds. The first kappa shape index (κ1) is 12.6. The number of carbonyl (C=O) groups is 1. The third-order valence-electron chi connectivity index (χ3n) is 2.01. The van der Waals surface area contributed by atoms with Gasteiger partial charge in [-0.1, -0.05) is 13.3 Å². The minimum atomic E-state index is -0.300. The smallest absolute Gasteiger partial charge is 0.338 e. The van der Waals surface area contributed by atoms with Gasteiger partial charge in [0.2, 0.25) is 0 Å². The molecule has 1 aromatic carbocycles. The topological polar surface area (TPSA) is 38.7 Å². The Balaban J connectivity index is 2.59. The maximum Gasteiger partial charge on any atom is 0.338 e. The van der Waals surface area contributed by atoms with Gasteiger partial charge in [0.25, 0.3) is 0 Å². The molecule has 0 N–H and O–H groups in total. The lowest BCUT2D eigenvalue weighted by atomic mass is 10.2. The summed E-state index contributed by atoms with van der Waals surface area (Å²) >= 11 is 4.48. The molecular formula is C12H13NO2S. The summed E-state index contributed by atoms with van der Waals surface area (Å²) in [6.45, 7) is 2.51. The zero-order chi connectivity index (χ0) is 11.8. The first-order valence-corrected chi connectivity index (χ1v) is 5.53. The van der Waals surface area contributed by atoms with E-state index in [0.29, 0.717) is 17.9 Å². The number of aliphatic imine (C=N–C) groups is 1. The lowest BCUT2D eigenvalue weighted by Gasteiger charge is -2.03. The van der Waals surface area contributed by atoms with Crippen molar-refractivity contribution in [1.29, 1.82) is 0 Å². The predicted molar refractivity (Wildman–Crippen MR) is 66.3 cm³/mol. The molecule has 4 heteroatoms. The van der Waals surface area contributed by atoms with E-state index < -0.39 is 0 Å².